The van der Waals surface area contributed by atoms with Crippen molar-refractivity contribution in [3.8, 4) is 11.8 Å². The van der Waals surface area contributed by atoms with Gasteiger partial charge < -0.3 is 10.4 Å². The highest BCUT2D eigenvalue weighted by Crippen LogP contribution is 2.15. The van der Waals surface area contributed by atoms with Crippen LogP contribution in [0.1, 0.15) is 20.9 Å². The molecule has 2 aromatic rings. The van der Waals surface area contributed by atoms with E-state index in [2.05, 4.69) is 17.2 Å². The summed E-state index contributed by atoms with van der Waals surface area (Å²) in [4.78, 5) is 13.9. The molecule has 0 radical (unpaired) electrons. The smallest absolute Gasteiger partial charge is 0.224 e. The molecule has 21 heavy (non-hydrogen) atoms. The van der Waals surface area contributed by atoms with Gasteiger partial charge in [0.1, 0.15) is 6.61 Å². The summed E-state index contributed by atoms with van der Waals surface area (Å²) < 4.78 is 0. The molecule has 0 unspecified atom stereocenters. The van der Waals surface area contributed by atoms with Crippen LogP contribution in [0, 0.1) is 18.8 Å². The van der Waals surface area contributed by atoms with E-state index < -0.39 is 0 Å². The molecular formula is C17H17NO2S. The molecule has 2 N–H and O–H groups in total. The van der Waals surface area contributed by atoms with Crippen molar-refractivity contribution in [2.24, 2.45) is 0 Å². The molecule has 3 nitrogen and oxygen atoms in total. The first kappa shape index (κ1) is 15.3. The zero-order chi connectivity index (χ0) is 15.1. The normalized spacial score (nSPS) is 9.81. The fraction of sp³-hybridized carbons (Fsp3) is 0.235. The average Bonchev–Trinajstić information content (AvgIpc) is 2.91. The molecule has 1 aromatic carbocycles. The number of benzene rings is 1. The first-order valence-electron chi connectivity index (χ1n) is 6.68. The number of hydrogen-bond acceptors (Lipinski definition) is 3. The van der Waals surface area contributed by atoms with Gasteiger partial charge in [-0.3, -0.25) is 4.79 Å². The Balaban J connectivity index is 1.85. The Labute approximate surface area is 128 Å². The van der Waals surface area contributed by atoms with E-state index in [1.165, 1.54) is 11.3 Å². The average molecular weight is 299 g/mol. The van der Waals surface area contributed by atoms with E-state index in [1.807, 2.05) is 43.3 Å². The van der Waals surface area contributed by atoms with Crippen molar-refractivity contribution in [2.75, 3.05) is 6.61 Å². The second-order valence-electron chi connectivity index (χ2n) is 4.67. The van der Waals surface area contributed by atoms with Crippen LogP contribution in [0.3, 0.4) is 0 Å². The van der Waals surface area contributed by atoms with Crippen LogP contribution in [0.4, 0.5) is 0 Å². The van der Waals surface area contributed by atoms with Crippen molar-refractivity contribution < 1.29 is 9.90 Å². The molecule has 1 amide bonds. The molecule has 0 aliphatic rings. The first-order valence-corrected chi connectivity index (χ1v) is 7.49. The van der Waals surface area contributed by atoms with Crippen LogP contribution in [0.15, 0.2) is 36.4 Å². The molecular weight excluding hydrogens is 282 g/mol. The summed E-state index contributed by atoms with van der Waals surface area (Å²) in [6.07, 6.45) is 0.393. The number of rotatable bonds is 4. The van der Waals surface area contributed by atoms with Crippen molar-refractivity contribution in [1.82, 2.24) is 5.32 Å². The topological polar surface area (TPSA) is 49.3 Å². The maximum absolute atomic E-state index is 11.9. The molecule has 1 aromatic heterocycles. The molecule has 2 rings (SSSR count). The molecule has 0 fully saturated rings. The van der Waals surface area contributed by atoms with Crippen LogP contribution >= 0.6 is 11.3 Å². The Morgan fingerprint density at radius 1 is 1.33 bits per heavy atom. The fourth-order valence-corrected chi connectivity index (χ4v) is 2.74. The molecule has 0 saturated heterocycles. The highest BCUT2D eigenvalue weighted by atomic mass is 32.1. The van der Waals surface area contributed by atoms with Crippen LogP contribution in [-0.4, -0.2) is 17.6 Å². The highest BCUT2D eigenvalue weighted by molar-refractivity contribution is 7.12. The van der Waals surface area contributed by atoms with E-state index in [1.54, 1.807) is 0 Å². The number of carbonyl (C=O) groups excluding carboxylic acids is 1. The van der Waals surface area contributed by atoms with Crippen LogP contribution in [0.25, 0.3) is 0 Å². The van der Waals surface area contributed by atoms with Gasteiger partial charge in [-0.15, -0.1) is 11.3 Å². The Morgan fingerprint density at radius 2 is 2.19 bits per heavy atom. The molecule has 0 saturated carbocycles. The minimum Gasteiger partial charge on any atom is -0.384 e. The van der Waals surface area contributed by atoms with Gasteiger partial charge in [0.25, 0.3) is 0 Å². The van der Waals surface area contributed by atoms with Gasteiger partial charge in [0, 0.05) is 4.88 Å². The number of carbonyl (C=O) groups is 1. The predicted molar refractivity (Wildman–Crippen MR) is 85.0 cm³/mol. The van der Waals surface area contributed by atoms with Crippen molar-refractivity contribution in [3.05, 3.63) is 57.3 Å². The molecule has 0 atom stereocenters. The van der Waals surface area contributed by atoms with E-state index in [0.717, 1.165) is 20.9 Å². The number of nitrogens with one attached hydrogen (secondary N) is 1. The largest absolute Gasteiger partial charge is 0.384 e. The summed E-state index contributed by atoms with van der Waals surface area (Å²) >= 11 is 1.52. The molecule has 1 heterocycles. The van der Waals surface area contributed by atoms with Gasteiger partial charge in [0.15, 0.2) is 0 Å². The summed E-state index contributed by atoms with van der Waals surface area (Å²) in [6, 6.07) is 11.8. The number of aliphatic hydroxyl groups excluding tert-OH is 1. The summed E-state index contributed by atoms with van der Waals surface area (Å²) in [6.45, 7) is 2.39. The third-order valence-corrected chi connectivity index (χ3v) is 3.86. The zero-order valence-corrected chi connectivity index (χ0v) is 12.7. The van der Waals surface area contributed by atoms with Gasteiger partial charge in [-0.05, 0) is 24.6 Å². The Bertz CT molecular complexity index is 679. The lowest BCUT2D eigenvalue weighted by molar-refractivity contribution is -0.120. The quantitative estimate of drug-likeness (QED) is 0.851. The van der Waals surface area contributed by atoms with Gasteiger partial charge in [-0.2, -0.15) is 0 Å². The third-order valence-electron chi connectivity index (χ3n) is 2.86. The van der Waals surface area contributed by atoms with E-state index in [-0.39, 0.29) is 12.5 Å². The van der Waals surface area contributed by atoms with Gasteiger partial charge in [-0.1, -0.05) is 41.7 Å². The van der Waals surface area contributed by atoms with E-state index in [9.17, 15) is 4.79 Å². The third kappa shape index (κ3) is 5.07. The van der Waals surface area contributed by atoms with Crippen LogP contribution < -0.4 is 5.32 Å². The monoisotopic (exact) mass is 299 g/mol. The summed E-state index contributed by atoms with van der Waals surface area (Å²) in [7, 11) is 0. The molecule has 0 spiro atoms. The van der Waals surface area contributed by atoms with Crippen LogP contribution in [0.5, 0.6) is 0 Å². The van der Waals surface area contributed by atoms with Gasteiger partial charge >= 0.3 is 0 Å². The summed E-state index contributed by atoms with van der Waals surface area (Å²) in [5.41, 5.74) is 2.18. The predicted octanol–water partition coefficient (Wildman–Crippen LogP) is 2.26. The zero-order valence-electron chi connectivity index (χ0n) is 11.8. The van der Waals surface area contributed by atoms with Gasteiger partial charge in [0.05, 0.1) is 17.8 Å². The van der Waals surface area contributed by atoms with Crippen LogP contribution in [-0.2, 0) is 17.8 Å². The highest BCUT2D eigenvalue weighted by Gasteiger charge is 2.04. The van der Waals surface area contributed by atoms with Crippen molar-refractivity contribution >= 4 is 17.2 Å². The summed E-state index contributed by atoms with van der Waals surface area (Å²) in [5.74, 6) is 5.47. The lowest BCUT2D eigenvalue weighted by Gasteiger charge is -2.04. The number of aliphatic hydroxyl groups is 1. The standard InChI is InChI=1S/C17H17NO2S/c1-13-4-2-5-14(10-13)11-17(20)18-12-16-8-7-15(21-16)6-3-9-19/h2,4-5,7-8,10,19H,9,11-12H2,1H3,(H,18,20). The molecule has 108 valence electrons. The number of amides is 1. The van der Waals surface area contributed by atoms with Crippen molar-refractivity contribution in [1.29, 1.82) is 0 Å². The molecule has 0 bridgehead atoms. The minimum absolute atomic E-state index is 0.0111. The lowest BCUT2D eigenvalue weighted by atomic mass is 10.1. The Kier molecular flexibility index (Phi) is 5.56. The van der Waals surface area contributed by atoms with Gasteiger partial charge in [0.2, 0.25) is 5.91 Å². The maximum Gasteiger partial charge on any atom is 0.224 e. The Morgan fingerprint density at radius 3 is 2.95 bits per heavy atom. The van der Waals surface area contributed by atoms with Crippen LogP contribution in [0.2, 0.25) is 0 Å². The Hall–Kier alpha value is -2.09. The van der Waals surface area contributed by atoms with Crippen molar-refractivity contribution in [2.45, 2.75) is 19.9 Å². The van der Waals surface area contributed by atoms with Crippen molar-refractivity contribution in [3.63, 3.8) is 0 Å². The SMILES string of the molecule is Cc1cccc(CC(=O)NCc2ccc(C#CCO)s2)c1. The number of aryl methyl sites for hydroxylation is 1. The molecule has 4 heteroatoms. The van der Waals surface area contributed by atoms with E-state index in [4.69, 9.17) is 5.11 Å². The second-order valence-corrected chi connectivity index (χ2v) is 5.84. The molecule has 0 aliphatic carbocycles. The van der Waals surface area contributed by atoms with E-state index >= 15 is 0 Å². The van der Waals surface area contributed by atoms with E-state index in [0.29, 0.717) is 13.0 Å². The minimum atomic E-state index is -0.138. The first-order chi connectivity index (χ1) is 10.2. The summed E-state index contributed by atoms with van der Waals surface area (Å²) in [5, 5.41) is 11.6. The lowest BCUT2D eigenvalue weighted by Crippen LogP contribution is -2.24. The van der Waals surface area contributed by atoms with Gasteiger partial charge in [-0.25, -0.2) is 0 Å². The number of thiophene rings is 1. The maximum atomic E-state index is 11.9. The second kappa shape index (κ2) is 7.63. The molecule has 0 aliphatic heterocycles. The number of hydrogen-bond donors (Lipinski definition) is 2. The fourth-order valence-electron chi connectivity index (χ4n) is 1.92.